The molecule has 0 atom stereocenters. The smallest absolute Gasteiger partial charge is 0.340 e. The Kier molecular flexibility index (Phi) is 4.57. The normalized spacial score (nSPS) is 10.8. The first-order valence-electron chi connectivity index (χ1n) is 7.91. The molecule has 0 saturated heterocycles. The van der Waals surface area contributed by atoms with Crippen molar-refractivity contribution in [3.63, 3.8) is 0 Å². The van der Waals surface area contributed by atoms with Crippen molar-refractivity contribution in [3.8, 4) is 5.75 Å². The molecule has 0 aliphatic carbocycles. The minimum Gasteiger partial charge on any atom is -0.488 e. The van der Waals surface area contributed by atoms with Gasteiger partial charge in [-0.1, -0.05) is 30.3 Å². The van der Waals surface area contributed by atoms with E-state index in [-0.39, 0.29) is 12.0 Å². The summed E-state index contributed by atoms with van der Waals surface area (Å²) in [6.45, 7) is 3.98. The molecule has 3 rings (SSSR count). The summed E-state index contributed by atoms with van der Waals surface area (Å²) in [5, 5.41) is 9.68. The van der Waals surface area contributed by atoms with Gasteiger partial charge in [0.1, 0.15) is 17.9 Å². The van der Waals surface area contributed by atoms with E-state index in [1.54, 1.807) is 13.0 Å². The maximum absolute atomic E-state index is 12.1. The molecule has 0 unspecified atom stereocenters. The van der Waals surface area contributed by atoms with E-state index in [4.69, 9.17) is 14.3 Å². The van der Waals surface area contributed by atoms with Crippen molar-refractivity contribution in [2.75, 3.05) is 0 Å². The number of hydrogen-bond acceptors (Lipinski definition) is 4. The average molecular weight is 338 g/mol. The molecule has 2 aromatic carbocycles. The molecule has 0 radical (unpaired) electrons. The van der Waals surface area contributed by atoms with Crippen LogP contribution >= 0.6 is 0 Å². The van der Waals surface area contributed by atoms with E-state index in [0.717, 1.165) is 11.1 Å². The average Bonchev–Trinajstić information content (AvgIpc) is 2.56. The second kappa shape index (κ2) is 6.81. The van der Waals surface area contributed by atoms with Crippen molar-refractivity contribution in [1.29, 1.82) is 0 Å². The minimum absolute atomic E-state index is 0.147. The molecule has 5 heteroatoms. The first kappa shape index (κ1) is 16.8. The van der Waals surface area contributed by atoms with Gasteiger partial charge in [0, 0.05) is 0 Å². The predicted octanol–water partition coefficient (Wildman–Crippen LogP) is 3.62. The molecular weight excluding hydrogens is 320 g/mol. The van der Waals surface area contributed by atoms with Crippen molar-refractivity contribution < 1.29 is 19.1 Å². The van der Waals surface area contributed by atoms with E-state index in [9.17, 15) is 9.59 Å². The summed E-state index contributed by atoms with van der Waals surface area (Å²) >= 11 is 0. The van der Waals surface area contributed by atoms with Gasteiger partial charge in [-0.05, 0) is 42.7 Å². The highest BCUT2D eigenvalue weighted by Crippen LogP contribution is 2.31. The van der Waals surface area contributed by atoms with Gasteiger partial charge in [0.25, 0.3) is 0 Å². The third-order valence-electron chi connectivity index (χ3n) is 4.05. The summed E-state index contributed by atoms with van der Waals surface area (Å²) < 4.78 is 11.3. The van der Waals surface area contributed by atoms with E-state index in [1.165, 1.54) is 0 Å². The molecule has 0 aliphatic rings. The van der Waals surface area contributed by atoms with E-state index >= 15 is 0 Å². The Morgan fingerprint density at radius 2 is 1.88 bits per heavy atom. The van der Waals surface area contributed by atoms with Crippen LogP contribution in [0, 0.1) is 13.8 Å². The molecule has 0 bridgehead atoms. The quantitative estimate of drug-likeness (QED) is 0.719. The Morgan fingerprint density at radius 1 is 1.16 bits per heavy atom. The largest absolute Gasteiger partial charge is 0.488 e. The molecule has 5 nitrogen and oxygen atoms in total. The number of rotatable bonds is 5. The summed E-state index contributed by atoms with van der Waals surface area (Å²) in [5.74, 6) is -0.500. The summed E-state index contributed by atoms with van der Waals surface area (Å²) in [6, 6.07) is 13.3. The van der Waals surface area contributed by atoms with Gasteiger partial charge in [0.2, 0.25) is 0 Å². The molecule has 3 aromatic rings. The molecule has 0 amide bonds. The zero-order valence-electron chi connectivity index (χ0n) is 14.0. The van der Waals surface area contributed by atoms with Crippen LogP contribution in [-0.4, -0.2) is 11.1 Å². The van der Waals surface area contributed by atoms with Crippen molar-refractivity contribution in [3.05, 3.63) is 75.1 Å². The van der Waals surface area contributed by atoms with Crippen molar-refractivity contribution in [1.82, 2.24) is 0 Å². The van der Waals surface area contributed by atoms with Crippen LogP contribution in [0.25, 0.3) is 11.0 Å². The highest BCUT2D eigenvalue weighted by molar-refractivity contribution is 5.89. The molecule has 0 aliphatic heterocycles. The second-order valence-corrected chi connectivity index (χ2v) is 5.97. The molecule has 0 fully saturated rings. The number of carboxylic acid groups (broad SMARTS) is 1. The summed E-state index contributed by atoms with van der Waals surface area (Å²) in [4.78, 5) is 23.2. The molecule has 0 saturated carbocycles. The van der Waals surface area contributed by atoms with Gasteiger partial charge in [0.15, 0.2) is 0 Å². The maximum atomic E-state index is 12.1. The van der Waals surface area contributed by atoms with E-state index in [2.05, 4.69) is 0 Å². The number of aliphatic carboxylic acids is 1. The number of fused-ring (bicyclic) bond motifs is 1. The third kappa shape index (κ3) is 3.55. The van der Waals surface area contributed by atoms with Crippen LogP contribution in [0.3, 0.4) is 0 Å². The molecule has 0 spiro atoms. The minimum atomic E-state index is -1.08. The summed E-state index contributed by atoms with van der Waals surface area (Å²) in [6.07, 6.45) is -0.379. The number of carboxylic acids is 1. The van der Waals surface area contributed by atoms with Crippen molar-refractivity contribution in [2.24, 2.45) is 0 Å². The SMILES string of the molecule is Cc1cc(OCc2ccccc2)c2c(C)c(CC(=O)O)c(=O)oc2c1. The van der Waals surface area contributed by atoms with Gasteiger partial charge >= 0.3 is 11.6 Å². The van der Waals surface area contributed by atoms with Crippen LogP contribution < -0.4 is 10.4 Å². The van der Waals surface area contributed by atoms with Crippen LogP contribution in [0.4, 0.5) is 0 Å². The Hall–Kier alpha value is -3.08. The van der Waals surface area contributed by atoms with Crippen molar-refractivity contribution >= 4 is 16.9 Å². The first-order valence-corrected chi connectivity index (χ1v) is 7.91. The van der Waals surface area contributed by atoms with Gasteiger partial charge in [-0.2, -0.15) is 0 Å². The maximum Gasteiger partial charge on any atom is 0.340 e. The van der Waals surface area contributed by atoms with Crippen LogP contribution in [-0.2, 0) is 17.8 Å². The van der Waals surface area contributed by atoms with Gasteiger partial charge in [0.05, 0.1) is 17.4 Å². The molecule has 1 aromatic heterocycles. The second-order valence-electron chi connectivity index (χ2n) is 5.97. The first-order chi connectivity index (χ1) is 12.0. The monoisotopic (exact) mass is 338 g/mol. The molecule has 25 heavy (non-hydrogen) atoms. The highest BCUT2D eigenvalue weighted by Gasteiger charge is 2.18. The Bertz CT molecular complexity index is 986. The molecule has 128 valence electrons. The standard InChI is InChI=1S/C20H18O5/c1-12-8-16(24-11-14-6-4-3-5-7-14)19-13(2)15(10-18(21)22)20(23)25-17(19)9-12/h3-9H,10-11H2,1-2H3,(H,21,22). The summed E-state index contributed by atoms with van der Waals surface area (Å²) in [7, 11) is 0. The topological polar surface area (TPSA) is 76.7 Å². The Balaban J connectivity index is 2.10. The molecule has 1 N–H and O–H groups in total. The number of carbonyl (C=O) groups is 1. The van der Waals surface area contributed by atoms with E-state index < -0.39 is 11.6 Å². The van der Waals surface area contributed by atoms with Gasteiger partial charge in [-0.25, -0.2) is 4.79 Å². The number of hydrogen-bond donors (Lipinski definition) is 1. The highest BCUT2D eigenvalue weighted by atomic mass is 16.5. The molecule has 1 heterocycles. The van der Waals surface area contributed by atoms with E-state index in [0.29, 0.717) is 28.9 Å². The number of aryl methyl sites for hydroxylation is 2. The van der Waals surface area contributed by atoms with Crippen LogP contribution in [0.15, 0.2) is 51.7 Å². The third-order valence-corrected chi connectivity index (χ3v) is 4.05. The van der Waals surface area contributed by atoms with Crippen molar-refractivity contribution in [2.45, 2.75) is 26.9 Å². The lowest BCUT2D eigenvalue weighted by Gasteiger charge is -2.13. The van der Waals surface area contributed by atoms with Gasteiger partial charge in [-0.3, -0.25) is 4.79 Å². The Labute approximate surface area is 144 Å². The predicted molar refractivity (Wildman–Crippen MR) is 94.1 cm³/mol. The lowest BCUT2D eigenvalue weighted by Crippen LogP contribution is -2.15. The number of ether oxygens (including phenoxy) is 1. The van der Waals surface area contributed by atoms with Crippen LogP contribution in [0.2, 0.25) is 0 Å². The lowest BCUT2D eigenvalue weighted by atomic mass is 10.0. The lowest BCUT2D eigenvalue weighted by molar-refractivity contribution is -0.136. The zero-order valence-corrected chi connectivity index (χ0v) is 14.0. The van der Waals surface area contributed by atoms with Gasteiger partial charge in [-0.15, -0.1) is 0 Å². The van der Waals surface area contributed by atoms with E-state index in [1.807, 2.05) is 43.3 Å². The fraction of sp³-hybridized carbons (Fsp3) is 0.200. The van der Waals surface area contributed by atoms with Gasteiger partial charge < -0.3 is 14.3 Å². The fourth-order valence-corrected chi connectivity index (χ4v) is 2.84. The Morgan fingerprint density at radius 3 is 2.56 bits per heavy atom. The van der Waals surface area contributed by atoms with Crippen LogP contribution in [0.5, 0.6) is 5.75 Å². The fourth-order valence-electron chi connectivity index (χ4n) is 2.84. The number of benzene rings is 2. The zero-order chi connectivity index (χ0) is 18.0. The van der Waals surface area contributed by atoms with Crippen LogP contribution in [0.1, 0.15) is 22.3 Å². The summed E-state index contributed by atoms with van der Waals surface area (Å²) in [5.41, 5.74) is 2.42. The molecular formula is C20H18O5.